The van der Waals surface area contributed by atoms with Crippen molar-refractivity contribution in [2.75, 3.05) is 23.8 Å². The number of aromatic nitrogens is 2. The predicted molar refractivity (Wildman–Crippen MR) is 129 cm³/mol. The molecule has 4 rings (SSSR count). The summed E-state index contributed by atoms with van der Waals surface area (Å²) in [4.78, 5) is 24.8. The Morgan fingerprint density at radius 1 is 1.12 bits per heavy atom. The number of rotatable bonds is 6. The number of carbonyl (C=O) groups excluding carboxylic acids is 2. The number of aryl methyl sites for hydroxylation is 2. The molecule has 178 valence electrons. The van der Waals surface area contributed by atoms with Crippen LogP contribution in [0.25, 0.3) is 11.1 Å². The number of nitrogens with zero attached hydrogens (tertiary/aromatic N) is 3. The number of methoxy groups -OCH3 is 1. The van der Waals surface area contributed by atoms with Crippen LogP contribution in [0.2, 0.25) is 0 Å². The van der Waals surface area contributed by atoms with E-state index in [1.807, 2.05) is 26.0 Å². The molecular formula is C24H26N4O5S. The Hall–Kier alpha value is -3.66. The van der Waals surface area contributed by atoms with E-state index in [0.717, 1.165) is 5.56 Å². The monoisotopic (exact) mass is 482 g/mol. The van der Waals surface area contributed by atoms with Crippen molar-refractivity contribution in [3.8, 4) is 16.9 Å². The maximum Gasteiger partial charge on any atom is 0.267 e. The summed E-state index contributed by atoms with van der Waals surface area (Å²) in [6, 6.07) is 11.9. The third kappa shape index (κ3) is 4.05. The van der Waals surface area contributed by atoms with E-state index in [2.05, 4.69) is 10.4 Å². The number of fused-ring (bicyclic) bond motifs is 1. The number of ether oxygens (including phenoxy) is 1. The number of carbonyl (C=O) groups is 2. The highest BCUT2D eigenvalue weighted by Gasteiger charge is 2.30. The zero-order valence-electron chi connectivity index (χ0n) is 19.5. The number of nitrogens with one attached hydrogen (secondary N) is 1. The van der Waals surface area contributed by atoms with Gasteiger partial charge in [-0.05, 0) is 43.2 Å². The molecule has 1 aliphatic rings. The highest BCUT2D eigenvalue weighted by Crippen LogP contribution is 2.38. The van der Waals surface area contributed by atoms with Crippen molar-refractivity contribution >= 4 is 33.3 Å². The fourth-order valence-corrected chi connectivity index (χ4v) is 5.28. The van der Waals surface area contributed by atoms with Gasteiger partial charge in [0, 0.05) is 25.5 Å². The summed E-state index contributed by atoms with van der Waals surface area (Å²) < 4.78 is 35.0. The Labute approximate surface area is 198 Å². The molecule has 3 aromatic rings. The third-order valence-corrected chi connectivity index (χ3v) is 7.65. The van der Waals surface area contributed by atoms with Crippen molar-refractivity contribution in [3.63, 3.8) is 0 Å². The van der Waals surface area contributed by atoms with Crippen LogP contribution in [0.1, 0.15) is 35.8 Å². The van der Waals surface area contributed by atoms with Gasteiger partial charge in [-0.3, -0.25) is 13.9 Å². The zero-order valence-corrected chi connectivity index (χ0v) is 20.3. The van der Waals surface area contributed by atoms with Crippen molar-refractivity contribution in [1.29, 1.82) is 0 Å². The van der Waals surface area contributed by atoms with Gasteiger partial charge in [-0.2, -0.15) is 9.78 Å². The Balaban J connectivity index is 1.88. The van der Waals surface area contributed by atoms with Gasteiger partial charge in [0.15, 0.2) is 0 Å². The van der Waals surface area contributed by atoms with Crippen LogP contribution in [0.3, 0.4) is 0 Å². The van der Waals surface area contributed by atoms with Gasteiger partial charge in [-0.1, -0.05) is 30.7 Å². The van der Waals surface area contributed by atoms with Crippen molar-refractivity contribution in [3.05, 3.63) is 53.7 Å². The Kier molecular flexibility index (Phi) is 6.18. The van der Waals surface area contributed by atoms with Crippen molar-refractivity contribution in [1.82, 2.24) is 9.78 Å². The molecule has 0 radical (unpaired) electrons. The summed E-state index contributed by atoms with van der Waals surface area (Å²) in [5.41, 5.74) is 3.11. The van der Waals surface area contributed by atoms with Gasteiger partial charge in [-0.15, -0.1) is 0 Å². The van der Waals surface area contributed by atoms with E-state index in [1.54, 1.807) is 24.3 Å². The fraction of sp³-hybridized carbons (Fsp3) is 0.292. The minimum atomic E-state index is -4.00. The third-order valence-electron chi connectivity index (χ3n) is 5.84. The molecule has 0 atom stereocenters. The van der Waals surface area contributed by atoms with E-state index in [0.29, 0.717) is 28.9 Å². The molecule has 34 heavy (non-hydrogen) atoms. The molecule has 0 unspecified atom stereocenters. The minimum Gasteiger partial charge on any atom is -0.495 e. The normalized spacial score (nSPS) is 13.8. The molecule has 2 aromatic carbocycles. The summed E-state index contributed by atoms with van der Waals surface area (Å²) in [6.45, 7) is 3.80. The second kappa shape index (κ2) is 8.94. The second-order valence-corrected chi connectivity index (χ2v) is 9.99. The molecule has 1 amide bonds. The maximum atomic E-state index is 13.6. The Bertz CT molecular complexity index is 1380. The number of hydrogen-bond acceptors (Lipinski definition) is 6. The topological polar surface area (TPSA) is 111 Å². The largest absolute Gasteiger partial charge is 0.495 e. The van der Waals surface area contributed by atoms with Crippen LogP contribution in [-0.2, 0) is 21.2 Å². The van der Waals surface area contributed by atoms with Gasteiger partial charge in [0.2, 0.25) is 11.8 Å². The number of amides is 1. The maximum absolute atomic E-state index is 13.6. The first kappa shape index (κ1) is 23.5. The number of hydrogen-bond donors (Lipinski definition) is 1. The van der Waals surface area contributed by atoms with Gasteiger partial charge >= 0.3 is 0 Å². The molecule has 9 nitrogen and oxygen atoms in total. The van der Waals surface area contributed by atoms with Gasteiger partial charge in [-0.25, -0.2) is 8.42 Å². The van der Waals surface area contributed by atoms with Crippen LogP contribution in [0.5, 0.6) is 5.75 Å². The lowest BCUT2D eigenvalue weighted by Crippen LogP contribution is -2.27. The Morgan fingerprint density at radius 2 is 1.82 bits per heavy atom. The summed E-state index contributed by atoms with van der Waals surface area (Å²) in [5, 5.41) is 7.17. The molecule has 1 aliphatic heterocycles. The summed E-state index contributed by atoms with van der Waals surface area (Å²) in [5.74, 6) is -0.157. The lowest BCUT2D eigenvalue weighted by Gasteiger charge is -2.21. The summed E-state index contributed by atoms with van der Waals surface area (Å²) in [6.07, 6.45) is 0.592. The first-order valence-corrected chi connectivity index (χ1v) is 12.3. The molecule has 10 heteroatoms. The standard InChI is InChI=1S/C24H26N4O5S/c1-5-18-23(24-25-21(29)12-13-22(30)28(24)26-18)16-8-11-19(33-4)20(14-16)34(31,32)27(3)17-9-6-15(2)7-10-17/h6-11,14H,5,12-13H2,1-4H3,(H,25,29). The van der Waals surface area contributed by atoms with Crippen molar-refractivity contribution < 1.29 is 22.7 Å². The number of benzene rings is 2. The highest BCUT2D eigenvalue weighted by atomic mass is 32.2. The van der Waals surface area contributed by atoms with E-state index in [9.17, 15) is 18.0 Å². The Morgan fingerprint density at radius 3 is 2.47 bits per heavy atom. The molecule has 0 saturated carbocycles. The number of anilines is 2. The smallest absolute Gasteiger partial charge is 0.267 e. The minimum absolute atomic E-state index is 0.0381. The van der Waals surface area contributed by atoms with Gasteiger partial charge in [0.25, 0.3) is 10.0 Å². The second-order valence-electron chi connectivity index (χ2n) is 8.05. The summed E-state index contributed by atoms with van der Waals surface area (Å²) >= 11 is 0. The van der Waals surface area contributed by atoms with Crippen LogP contribution >= 0.6 is 0 Å². The number of sulfonamides is 1. The van der Waals surface area contributed by atoms with E-state index < -0.39 is 10.0 Å². The summed E-state index contributed by atoms with van der Waals surface area (Å²) in [7, 11) is -1.12. The van der Waals surface area contributed by atoms with Crippen LogP contribution in [0, 0.1) is 6.92 Å². The molecule has 0 aliphatic carbocycles. The molecule has 0 spiro atoms. The van der Waals surface area contributed by atoms with Crippen molar-refractivity contribution in [2.45, 2.75) is 38.0 Å². The fourth-order valence-electron chi connectivity index (χ4n) is 3.91. The molecule has 1 N–H and O–H groups in total. The molecule has 2 heterocycles. The highest BCUT2D eigenvalue weighted by molar-refractivity contribution is 7.93. The van der Waals surface area contributed by atoms with Crippen LogP contribution in [0.4, 0.5) is 11.5 Å². The van der Waals surface area contributed by atoms with Crippen molar-refractivity contribution in [2.24, 2.45) is 0 Å². The van der Waals surface area contributed by atoms with Gasteiger partial charge < -0.3 is 10.1 Å². The van der Waals surface area contributed by atoms with E-state index >= 15 is 0 Å². The first-order chi connectivity index (χ1) is 16.2. The van der Waals surface area contributed by atoms with E-state index in [4.69, 9.17) is 4.74 Å². The molecule has 0 fully saturated rings. The predicted octanol–water partition coefficient (Wildman–Crippen LogP) is 3.63. The van der Waals surface area contributed by atoms with Crippen LogP contribution in [-0.4, -0.2) is 44.2 Å². The van der Waals surface area contributed by atoms with E-state index in [-0.39, 0.29) is 41.1 Å². The average molecular weight is 483 g/mol. The zero-order chi connectivity index (χ0) is 24.6. The SMILES string of the molecule is CCc1nn2c(c1-c1ccc(OC)c(S(=O)(=O)N(C)c3ccc(C)cc3)c1)NC(=O)CCC2=O. The molecular weight excluding hydrogens is 456 g/mol. The van der Waals surface area contributed by atoms with Gasteiger partial charge in [0.1, 0.15) is 16.5 Å². The average Bonchev–Trinajstić information content (AvgIpc) is 3.13. The quantitative estimate of drug-likeness (QED) is 0.574. The van der Waals surface area contributed by atoms with Crippen LogP contribution < -0.4 is 14.4 Å². The van der Waals surface area contributed by atoms with Gasteiger partial charge in [0.05, 0.1) is 18.5 Å². The molecule has 0 bridgehead atoms. The molecule has 1 aromatic heterocycles. The lowest BCUT2D eigenvalue weighted by molar-refractivity contribution is -0.116. The lowest BCUT2D eigenvalue weighted by atomic mass is 10.0. The first-order valence-electron chi connectivity index (χ1n) is 10.9. The molecule has 0 saturated heterocycles. The van der Waals surface area contributed by atoms with Crippen LogP contribution in [0.15, 0.2) is 47.4 Å². The van der Waals surface area contributed by atoms with E-state index in [1.165, 1.54) is 29.2 Å².